The van der Waals surface area contributed by atoms with E-state index >= 15 is 4.39 Å². The second-order valence-electron chi connectivity index (χ2n) is 11.1. The average molecular weight is 630 g/mol. The van der Waals surface area contributed by atoms with E-state index in [2.05, 4.69) is 25.3 Å². The maximum atomic E-state index is 15.1. The minimum Gasteiger partial charge on any atom is -0.493 e. The molecule has 45 heavy (non-hydrogen) atoms. The molecule has 6 rings (SSSR count). The average Bonchev–Trinajstić information content (AvgIpc) is 3.73. The van der Waals surface area contributed by atoms with Gasteiger partial charge < -0.3 is 24.1 Å². The number of benzene rings is 2. The summed E-state index contributed by atoms with van der Waals surface area (Å²) in [4.78, 5) is 24.0. The molecule has 0 unspecified atom stereocenters. The summed E-state index contributed by atoms with van der Waals surface area (Å²) >= 11 is 0. The number of methoxy groups -OCH3 is 1. The van der Waals surface area contributed by atoms with Crippen LogP contribution in [0.15, 0.2) is 47.1 Å². The van der Waals surface area contributed by atoms with Crippen LogP contribution in [0.25, 0.3) is 22.3 Å². The summed E-state index contributed by atoms with van der Waals surface area (Å²) in [7, 11) is 1.54. The molecule has 0 atom stereocenters. The van der Waals surface area contributed by atoms with Crippen LogP contribution in [0.4, 0.5) is 23.4 Å². The van der Waals surface area contributed by atoms with E-state index in [0.717, 1.165) is 45.3 Å². The Kier molecular flexibility index (Phi) is 8.60. The predicted octanol–water partition coefficient (Wildman–Crippen LogP) is 5.31. The third-order valence-corrected chi connectivity index (χ3v) is 8.05. The quantitative estimate of drug-likeness (QED) is 0.174. The van der Waals surface area contributed by atoms with Crippen molar-refractivity contribution in [2.75, 3.05) is 51.9 Å². The topological polar surface area (TPSA) is 112 Å². The first-order valence-corrected chi connectivity index (χ1v) is 14.6. The summed E-state index contributed by atoms with van der Waals surface area (Å²) in [5.41, 5.74) is -0.0144. The zero-order valence-corrected chi connectivity index (χ0v) is 24.5. The van der Waals surface area contributed by atoms with Crippen LogP contribution < -0.4 is 14.8 Å². The van der Waals surface area contributed by atoms with Gasteiger partial charge in [0.2, 0.25) is 5.91 Å². The SMILES string of the molecule is COc1cc2nc(-c3ccc(CC(=O)Nc4cc(C5(C(F)(F)F)CC5)on4)c(F)c3)cnc2cc1OCCCN1CCOCC1. The van der Waals surface area contributed by atoms with Crippen LogP contribution in [0.3, 0.4) is 0 Å². The Morgan fingerprint density at radius 1 is 1.09 bits per heavy atom. The van der Waals surface area contributed by atoms with Gasteiger partial charge in [0.1, 0.15) is 11.2 Å². The van der Waals surface area contributed by atoms with E-state index in [9.17, 15) is 18.0 Å². The van der Waals surface area contributed by atoms with Gasteiger partial charge in [-0.05, 0) is 30.9 Å². The zero-order chi connectivity index (χ0) is 31.6. The number of alkyl halides is 3. The fourth-order valence-electron chi connectivity index (χ4n) is 5.29. The summed E-state index contributed by atoms with van der Waals surface area (Å²) in [6.45, 7) is 4.75. The van der Waals surface area contributed by atoms with E-state index in [-0.39, 0.29) is 36.4 Å². The molecule has 2 fully saturated rings. The van der Waals surface area contributed by atoms with Crippen molar-refractivity contribution in [3.05, 3.63) is 59.7 Å². The maximum absolute atomic E-state index is 15.1. The molecular weight excluding hydrogens is 598 g/mol. The van der Waals surface area contributed by atoms with Gasteiger partial charge in [-0.1, -0.05) is 17.3 Å². The Morgan fingerprint density at radius 3 is 2.58 bits per heavy atom. The molecule has 0 bridgehead atoms. The number of nitrogens with one attached hydrogen (secondary N) is 1. The van der Waals surface area contributed by atoms with E-state index in [4.69, 9.17) is 18.7 Å². The summed E-state index contributed by atoms with van der Waals surface area (Å²) in [6.07, 6.45) is -2.67. The number of anilines is 1. The monoisotopic (exact) mass is 629 g/mol. The molecular formula is C31H31F4N5O5. The number of carbonyl (C=O) groups excluding carboxylic acids is 1. The molecule has 3 heterocycles. The molecule has 0 spiro atoms. The van der Waals surface area contributed by atoms with E-state index < -0.39 is 23.3 Å². The van der Waals surface area contributed by atoms with Crippen molar-refractivity contribution < 1.29 is 41.1 Å². The van der Waals surface area contributed by atoms with Gasteiger partial charge in [-0.3, -0.25) is 14.7 Å². The first-order valence-electron chi connectivity index (χ1n) is 14.6. The number of morpholine rings is 1. The molecule has 14 heteroatoms. The molecule has 1 saturated carbocycles. The third-order valence-electron chi connectivity index (χ3n) is 8.05. The van der Waals surface area contributed by atoms with Crippen LogP contribution in [0, 0.1) is 5.82 Å². The van der Waals surface area contributed by atoms with Gasteiger partial charge in [0, 0.05) is 43.4 Å². The van der Waals surface area contributed by atoms with E-state index in [1.165, 1.54) is 25.4 Å². The molecule has 1 saturated heterocycles. The number of hydrogen-bond acceptors (Lipinski definition) is 9. The van der Waals surface area contributed by atoms with Gasteiger partial charge in [0.25, 0.3) is 0 Å². The smallest absolute Gasteiger partial charge is 0.401 e. The Balaban J connectivity index is 1.09. The highest BCUT2D eigenvalue weighted by Gasteiger charge is 2.66. The van der Waals surface area contributed by atoms with Crippen LogP contribution in [-0.4, -0.2) is 78.7 Å². The number of aromatic nitrogens is 3. The molecule has 10 nitrogen and oxygen atoms in total. The number of hydrogen-bond donors (Lipinski definition) is 1. The summed E-state index contributed by atoms with van der Waals surface area (Å²) in [5, 5.41) is 5.91. The molecule has 2 aromatic carbocycles. The van der Waals surface area contributed by atoms with Crippen molar-refractivity contribution in [1.82, 2.24) is 20.0 Å². The molecule has 0 radical (unpaired) electrons. The van der Waals surface area contributed by atoms with Gasteiger partial charge in [-0.25, -0.2) is 9.37 Å². The van der Waals surface area contributed by atoms with E-state index in [1.54, 1.807) is 18.2 Å². The van der Waals surface area contributed by atoms with E-state index in [0.29, 0.717) is 40.4 Å². The molecule has 2 aromatic heterocycles. The first kappa shape index (κ1) is 30.7. The zero-order valence-electron chi connectivity index (χ0n) is 24.5. The van der Waals surface area contributed by atoms with Crippen LogP contribution in [-0.2, 0) is 21.4 Å². The lowest BCUT2D eigenvalue weighted by Crippen LogP contribution is -2.37. The number of nitrogens with zero attached hydrogens (tertiary/aromatic N) is 4. The second-order valence-corrected chi connectivity index (χ2v) is 11.1. The van der Waals surface area contributed by atoms with Crippen LogP contribution >= 0.6 is 0 Å². The highest BCUT2D eigenvalue weighted by Crippen LogP contribution is 2.59. The minimum absolute atomic E-state index is 0.0831. The van der Waals surface area contributed by atoms with Crippen molar-refractivity contribution in [2.24, 2.45) is 0 Å². The highest BCUT2D eigenvalue weighted by molar-refractivity contribution is 5.91. The maximum Gasteiger partial charge on any atom is 0.401 e. The fraction of sp³-hybridized carbons (Fsp3) is 0.419. The Labute approximate surface area is 255 Å². The number of carbonyl (C=O) groups is 1. The standard InChI is InChI=1S/C31H31F4N5O5/c1-42-25-16-23-22(15-26(25)44-10-2-7-40-8-11-43-12-9-40)36-18-24(37-23)20-4-3-19(21(32)13-20)14-29(41)38-28-17-27(45-39-28)30(5-6-30)31(33,34)35/h3-4,13,15-18H,2,5-12,14H2,1H3,(H,38,39,41). The predicted molar refractivity (Wildman–Crippen MR) is 155 cm³/mol. The van der Waals surface area contributed by atoms with Crippen molar-refractivity contribution in [2.45, 2.75) is 37.3 Å². The van der Waals surface area contributed by atoms with Crippen LogP contribution in [0.2, 0.25) is 0 Å². The number of rotatable bonds is 11. The number of fused-ring (bicyclic) bond motifs is 1. The largest absolute Gasteiger partial charge is 0.493 e. The Morgan fingerprint density at radius 2 is 1.87 bits per heavy atom. The molecule has 238 valence electrons. The lowest BCUT2D eigenvalue weighted by Gasteiger charge is -2.26. The molecule has 1 aliphatic carbocycles. The van der Waals surface area contributed by atoms with Crippen molar-refractivity contribution >= 4 is 22.8 Å². The van der Waals surface area contributed by atoms with Crippen molar-refractivity contribution in [3.8, 4) is 22.8 Å². The van der Waals surface area contributed by atoms with Gasteiger partial charge in [0.15, 0.2) is 23.1 Å². The lowest BCUT2D eigenvalue weighted by molar-refractivity contribution is -0.165. The third kappa shape index (κ3) is 6.71. The van der Waals surface area contributed by atoms with Gasteiger partial charge in [-0.2, -0.15) is 13.2 Å². The Hall–Kier alpha value is -4.30. The van der Waals surface area contributed by atoms with Gasteiger partial charge in [0.05, 0.1) is 56.3 Å². The fourth-order valence-corrected chi connectivity index (χ4v) is 5.29. The normalized spacial score (nSPS) is 16.5. The van der Waals surface area contributed by atoms with Crippen molar-refractivity contribution in [3.63, 3.8) is 0 Å². The van der Waals surface area contributed by atoms with Gasteiger partial charge >= 0.3 is 6.18 Å². The van der Waals surface area contributed by atoms with Crippen LogP contribution in [0.5, 0.6) is 11.5 Å². The number of amides is 1. The van der Waals surface area contributed by atoms with Gasteiger partial charge in [-0.15, -0.1) is 0 Å². The lowest BCUT2D eigenvalue weighted by atomic mass is 10.0. The molecule has 4 aromatic rings. The highest BCUT2D eigenvalue weighted by atomic mass is 19.4. The summed E-state index contributed by atoms with van der Waals surface area (Å²) in [6, 6.07) is 8.84. The van der Waals surface area contributed by atoms with Crippen molar-refractivity contribution in [1.29, 1.82) is 0 Å². The second kappa shape index (κ2) is 12.6. The first-order chi connectivity index (χ1) is 21.6. The molecule has 1 N–H and O–H groups in total. The summed E-state index contributed by atoms with van der Waals surface area (Å²) in [5.74, 6) is -0.772. The molecule has 2 aliphatic rings. The molecule has 1 amide bonds. The van der Waals surface area contributed by atoms with E-state index in [1.807, 2.05) is 0 Å². The molecule has 1 aliphatic heterocycles. The number of halogens is 4. The summed E-state index contributed by atoms with van der Waals surface area (Å²) < 4.78 is 76.8. The van der Waals surface area contributed by atoms with Crippen LogP contribution in [0.1, 0.15) is 30.6 Å². The Bertz CT molecular complexity index is 1680. The number of ether oxygens (including phenoxy) is 3. The minimum atomic E-state index is -4.47.